The largest absolute Gasteiger partial charge is 0.481 e. The highest BCUT2D eigenvalue weighted by atomic mass is 32.1. The second kappa shape index (κ2) is 4.60. The monoisotopic (exact) mass is 275 g/mol. The molecule has 1 aliphatic carbocycles. The molecular formula is C15H17NO2S. The summed E-state index contributed by atoms with van der Waals surface area (Å²) in [6, 6.07) is 6.24. The van der Waals surface area contributed by atoms with Crippen LogP contribution in [0.4, 0.5) is 0 Å². The molecule has 19 heavy (non-hydrogen) atoms. The highest BCUT2D eigenvalue weighted by Crippen LogP contribution is 2.45. The van der Waals surface area contributed by atoms with Crippen molar-refractivity contribution >= 4 is 27.5 Å². The summed E-state index contributed by atoms with van der Waals surface area (Å²) >= 11 is 1.65. The quantitative estimate of drug-likeness (QED) is 0.906. The summed E-state index contributed by atoms with van der Waals surface area (Å²) in [5.74, 6) is -0.383. The molecule has 0 spiro atoms. The van der Waals surface area contributed by atoms with Crippen LogP contribution in [0.15, 0.2) is 18.2 Å². The molecule has 1 N–H and O–H groups in total. The number of carbonyl (C=O) groups is 1. The van der Waals surface area contributed by atoms with Crippen LogP contribution < -0.4 is 0 Å². The summed E-state index contributed by atoms with van der Waals surface area (Å²) in [6.45, 7) is 4.18. The molecule has 100 valence electrons. The maximum absolute atomic E-state index is 11.4. The average Bonchev–Trinajstić information content (AvgIpc) is 2.91. The van der Waals surface area contributed by atoms with Gasteiger partial charge in [-0.1, -0.05) is 13.0 Å². The van der Waals surface area contributed by atoms with E-state index in [4.69, 9.17) is 0 Å². The Morgan fingerprint density at radius 3 is 2.95 bits per heavy atom. The number of thiazole rings is 1. The van der Waals surface area contributed by atoms with Gasteiger partial charge < -0.3 is 5.11 Å². The van der Waals surface area contributed by atoms with Gasteiger partial charge in [-0.25, -0.2) is 4.98 Å². The molecule has 3 nitrogen and oxygen atoms in total. The second-order valence-corrected chi connectivity index (χ2v) is 6.71. The van der Waals surface area contributed by atoms with Crippen LogP contribution in [0.5, 0.6) is 0 Å². The SMILES string of the molecule is Cc1ccc2sc(C3CC(C)CC3C(=O)O)nc2c1. The van der Waals surface area contributed by atoms with Gasteiger partial charge in [0.2, 0.25) is 0 Å². The van der Waals surface area contributed by atoms with Crippen molar-refractivity contribution in [3.05, 3.63) is 28.8 Å². The van der Waals surface area contributed by atoms with Gasteiger partial charge in [-0.3, -0.25) is 4.79 Å². The lowest BCUT2D eigenvalue weighted by Crippen LogP contribution is -2.16. The highest BCUT2D eigenvalue weighted by Gasteiger charge is 2.39. The first-order valence-corrected chi connectivity index (χ1v) is 7.46. The number of nitrogens with zero attached hydrogens (tertiary/aromatic N) is 1. The maximum Gasteiger partial charge on any atom is 0.307 e. The molecule has 0 bridgehead atoms. The van der Waals surface area contributed by atoms with Crippen LogP contribution in [0.1, 0.15) is 36.3 Å². The van der Waals surface area contributed by atoms with E-state index in [1.807, 2.05) is 0 Å². The summed E-state index contributed by atoms with van der Waals surface area (Å²) < 4.78 is 1.16. The van der Waals surface area contributed by atoms with Gasteiger partial charge in [0.15, 0.2) is 0 Å². The van der Waals surface area contributed by atoms with E-state index in [0.717, 1.165) is 28.1 Å². The molecule has 0 saturated heterocycles. The Hall–Kier alpha value is -1.42. The molecule has 4 heteroatoms. The molecule has 1 fully saturated rings. The van der Waals surface area contributed by atoms with Crippen molar-refractivity contribution in [2.45, 2.75) is 32.6 Å². The van der Waals surface area contributed by atoms with Crippen molar-refractivity contribution in [2.24, 2.45) is 11.8 Å². The van der Waals surface area contributed by atoms with Crippen LogP contribution in [0, 0.1) is 18.8 Å². The Morgan fingerprint density at radius 2 is 2.21 bits per heavy atom. The van der Waals surface area contributed by atoms with E-state index in [1.54, 1.807) is 11.3 Å². The zero-order valence-electron chi connectivity index (χ0n) is 11.1. The summed E-state index contributed by atoms with van der Waals surface area (Å²) in [4.78, 5) is 16.1. The minimum atomic E-state index is -0.676. The fourth-order valence-electron chi connectivity index (χ4n) is 3.05. The van der Waals surface area contributed by atoms with Crippen LogP contribution in [0.2, 0.25) is 0 Å². The van der Waals surface area contributed by atoms with Crippen LogP contribution in [-0.2, 0) is 4.79 Å². The van der Waals surface area contributed by atoms with E-state index in [-0.39, 0.29) is 11.8 Å². The number of rotatable bonds is 2. The van der Waals surface area contributed by atoms with E-state index < -0.39 is 5.97 Å². The number of hydrogen-bond acceptors (Lipinski definition) is 3. The molecule has 1 aromatic carbocycles. The fourth-order valence-corrected chi connectivity index (χ4v) is 4.18. The van der Waals surface area contributed by atoms with Gasteiger partial charge >= 0.3 is 5.97 Å². The number of carboxylic acids is 1. The Bertz CT molecular complexity index is 634. The van der Waals surface area contributed by atoms with Gasteiger partial charge in [0.05, 0.1) is 21.1 Å². The Balaban J connectivity index is 2.01. The molecule has 1 aromatic heterocycles. The molecular weight excluding hydrogens is 258 g/mol. The van der Waals surface area contributed by atoms with Crippen molar-refractivity contribution in [1.29, 1.82) is 0 Å². The molecule has 3 unspecified atom stereocenters. The zero-order chi connectivity index (χ0) is 13.6. The predicted molar refractivity (Wildman–Crippen MR) is 76.6 cm³/mol. The first-order chi connectivity index (χ1) is 9.04. The Labute approximate surface area is 116 Å². The highest BCUT2D eigenvalue weighted by molar-refractivity contribution is 7.18. The van der Waals surface area contributed by atoms with Crippen molar-refractivity contribution in [2.75, 3.05) is 0 Å². The van der Waals surface area contributed by atoms with Crippen LogP contribution >= 0.6 is 11.3 Å². The number of benzene rings is 1. The third-order valence-electron chi connectivity index (χ3n) is 3.99. The number of aromatic nitrogens is 1. The van der Waals surface area contributed by atoms with Gasteiger partial charge in [0, 0.05) is 5.92 Å². The van der Waals surface area contributed by atoms with Gasteiger partial charge in [-0.05, 0) is 43.4 Å². The summed E-state index contributed by atoms with van der Waals surface area (Å²) in [7, 11) is 0. The molecule has 1 heterocycles. The van der Waals surface area contributed by atoms with Gasteiger partial charge in [0.25, 0.3) is 0 Å². The minimum Gasteiger partial charge on any atom is -0.481 e. The number of aliphatic carboxylic acids is 1. The number of hydrogen-bond donors (Lipinski definition) is 1. The standard InChI is InChI=1S/C15H17NO2S/c1-8-3-4-13-12(7-8)16-14(19-13)10-5-9(2)6-11(10)15(17)18/h3-4,7,9-11H,5-6H2,1-2H3,(H,17,18). The van der Waals surface area contributed by atoms with E-state index in [9.17, 15) is 9.90 Å². The summed E-state index contributed by atoms with van der Waals surface area (Å²) in [6.07, 6.45) is 1.71. The average molecular weight is 275 g/mol. The molecule has 0 amide bonds. The molecule has 0 aliphatic heterocycles. The minimum absolute atomic E-state index is 0.0882. The number of aryl methyl sites for hydroxylation is 1. The van der Waals surface area contributed by atoms with E-state index in [0.29, 0.717) is 5.92 Å². The fraction of sp³-hybridized carbons (Fsp3) is 0.467. The Morgan fingerprint density at radius 1 is 1.42 bits per heavy atom. The van der Waals surface area contributed by atoms with Gasteiger partial charge in [-0.2, -0.15) is 0 Å². The number of fused-ring (bicyclic) bond motifs is 1. The van der Waals surface area contributed by atoms with Crippen molar-refractivity contribution in [1.82, 2.24) is 4.98 Å². The lowest BCUT2D eigenvalue weighted by molar-refractivity contribution is -0.142. The first kappa shape index (κ1) is 12.6. The van der Waals surface area contributed by atoms with Crippen LogP contribution in [0.3, 0.4) is 0 Å². The first-order valence-electron chi connectivity index (χ1n) is 6.64. The van der Waals surface area contributed by atoms with E-state index in [2.05, 4.69) is 37.0 Å². The lowest BCUT2D eigenvalue weighted by atomic mass is 9.97. The third kappa shape index (κ3) is 2.25. The second-order valence-electron chi connectivity index (χ2n) is 5.65. The molecule has 1 aliphatic rings. The third-order valence-corrected chi connectivity index (χ3v) is 5.16. The van der Waals surface area contributed by atoms with Gasteiger partial charge in [-0.15, -0.1) is 11.3 Å². The van der Waals surface area contributed by atoms with Crippen LogP contribution in [-0.4, -0.2) is 16.1 Å². The zero-order valence-corrected chi connectivity index (χ0v) is 11.9. The molecule has 3 atom stereocenters. The van der Waals surface area contributed by atoms with Crippen LogP contribution in [0.25, 0.3) is 10.2 Å². The van der Waals surface area contributed by atoms with Crippen molar-refractivity contribution in [3.8, 4) is 0 Å². The molecule has 2 aromatic rings. The summed E-state index contributed by atoms with van der Waals surface area (Å²) in [5.41, 5.74) is 2.20. The van der Waals surface area contributed by atoms with Gasteiger partial charge in [0.1, 0.15) is 0 Å². The smallest absolute Gasteiger partial charge is 0.307 e. The number of carboxylic acid groups (broad SMARTS) is 1. The summed E-state index contributed by atoms with van der Waals surface area (Å²) in [5, 5.41) is 10.4. The topological polar surface area (TPSA) is 50.2 Å². The molecule has 0 radical (unpaired) electrons. The van der Waals surface area contributed by atoms with E-state index >= 15 is 0 Å². The molecule has 1 saturated carbocycles. The maximum atomic E-state index is 11.4. The Kier molecular flexibility index (Phi) is 3.05. The normalized spacial score (nSPS) is 26.9. The van der Waals surface area contributed by atoms with E-state index in [1.165, 1.54) is 5.56 Å². The van der Waals surface area contributed by atoms with Crippen molar-refractivity contribution < 1.29 is 9.90 Å². The van der Waals surface area contributed by atoms with Crippen molar-refractivity contribution in [3.63, 3.8) is 0 Å². The molecule has 3 rings (SSSR count). The lowest BCUT2D eigenvalue weighted by Gasteiger charge is -2.11. The predicted octanol–water partition coefficient (Wildman–Crippen LogP) is 3.82.